The summed E-state index contributed by atoms with van der Waals surface area (Å²) >= 11 is 0. The van der Waals surface area contributed by atoms with Gasteiger partial charge in [-0.2, -0.15) is 0 Å². The van der Waals surface area contributed by atoms with E-state index in [9.17, 15) is 17.9 Å². The quantitative estimate of drug-likeness (QED) is 0.852. The van der Waals surface area contributed by atoms with Crippen LogP contribution in [-0.2, 0) is 10.0 Å². The Bertz CT molecular complexity index is 773. The van der Waals surface area contributed by atoms with Crippen molar-refractivity contribution in [3.8, 4) is 0 Å². The van der Waals surface area contributed by atoms with Gasteiger partial charge < -0.3 is 5.11 Å². The van der Waals surface area contributed by atoms with E-state index in [1.165, 1.54) is 24.3 Å². The molecule has 0 fully saturated rings. The summed E-state index contributed by atoms with van der Waals surface area (Å²) in [6, 6.07) is 10.4. The number of sulfonamides is 1. The number of aliphatic hydroxyl groups excluding tert-OH is 1. The topological polar surface area (TPSA) is 66.4 Å². The minimum Gasteiger partial charge on any atom is -0.388 e. The summed E-state index contributed by atoms with van der Waals surface area (Å²) in [4.78, 5) is 0.205. The van der Waals surface area contributed by atoms with Crippen molar-refractivity contribution in [2.24, 2.45) is 0 Å². The van der Waals surface area contributed by atoms with E-state index in [1.807, 2.05) is 13.8 Å². The minimum atomic E-state index is -3.61. The van der Waals surface area contributed by atoms with E-state index in [-0.39, 0.29) is 23.7 Å². The van der Waals surface area contributed by atoms with Crippen LogP contribution in [0.2, 0.25) is 0 Å². The fraction of sp³-hybridized carbons (Fsp3) is 0.294. The zero-order valence-electron chi connectivity index (χ0n) is 13.1. The molecule has 0 saturated heterocycles. The molecule has 0 bridgehead atoms. The van der Waals surface area contributed by atoms with Crippen LogP contribution >= 0.6 is 0 Å². The monoisotopic (exact) mass is 337 g/mol. The van der Waals surface area contributed by atoms with E-state index in [1.54, 1.807) is 18.2 Å². The number of aryl methyl sites for hydroxylation is 2. The number of hydrogen-bond donors (Lipinski definition) is 2. The minimum absolute atomic E-state index is 0.0911. The standard InChI is InChI=1S/C17H20FNO3S/c1-12-3-8-16(11-13(12)2)23(21,22)19-10-9-17(20)14-4-6-15(18)7-5-14/h3-8,11,17,19-20H,9-10H2,1-2H3. The molecule has 2 N–H and O–H groups in total. The molecule has 0 aliphatic carbocycles. The Hall–Kier alpha value is -1.76. The van der Waals surface area contributed by atoms with Crippen LogP contribution < -0.4 is 4.72 Å². The number of halogens is 1. The van der Waals surface area contributed by atoms with Crippen molar-refractivity contribution >= 4 is 10.0 Å². The molecular weight excluding hydrogens is 317 g/mol. The molecule has 0 spiro atoms. The highest BCUT2D eigenvalue weighted by atomic mass is 32.2. The first-order valence-electron chi connectivity index (χ1n) is 7.30. The van der Waals surface area contributed by atoms with Crippen molar-refractivity contribution < 1.29 is 17.9 Å². The number of nitrogens with one attached hydrogen (secondary N) is 1. The third kappa shape index (κ3) is 4.60. The van der Waals surface area contributed by atoms with Crippen molar-refractivity contribution in [2.45, 2.75) is 31.3 Å². The molecule has 2 aromatic rings. The van der Waals surface area contributed by atoms with Crippen LogP contribution in [0, 0.1) is 19.7 Å². The molecule has 0 heterocycles. The molecule has 0 radical (unpaired) electrons. The van der Waals surface area contributed by atoms with Gasteiger partial charge in [-0.25, -0.2) is 17.5 Å². The molecule has 1 unspecified atom stereocenters. The number of rotatable bonds is 6. The molecule has 0 aliphatic rings. The van der Waals surface area contributed by atoms with Crippen molar-refractivity contribution in [1.82, 2.24) is 4.72 Å². The molecule has 0 aromatic heterocycles. The number of benzene rings is 2. The third-order valence-corrected chi connectivity index (χ3v) is 5.21. The van der Waals surface area contributed by atoms with Crippen molar-refractivity contribution in [1.29, 1.82) is 0 Å². The van der Waals surface area contributed by atoms with Crippen LogP contribution in [0.1, 0.15) is 29.2 Å². The second-order valence-electron chi connectivity index (χ2n) is 5.50. The molecule has 6 heteroatoms. The van der Waals surface area contributed by atoms with E-state index >= 15 is 0 Å². The van der Waals surface area contributed by atoms with Crippen LogP contribution in [0.15, 0.2) is 47.4 Å². The molecule has 4 nitrogen and oxygen atoms in total. The van der Waals surface area contributed by atoms with Crippen molar-refractivity contribution in [3.63, 3.8) is 0 Å². The Morgan fingerprint density at radius 1 is 1.09 bits per heavy atom. The van der Waals surface area contributed by atoms with Gasteiger partial charge in [-0.05, 0) is 61.2 Å². The molecule has 1 atom stereocenters. The Morgan fingerprint density at radius 3 is 2.35 bits per heavy atom. The van der Waals surface area contributed by atoms with Gasteiger partial charge >= 0.3 is 0 Å². The highest BCUT2D eigenvalue weighted by Gasteiger charge is 2.15. The summed E-state index contributed by atoms with van der Waals surface area (Å²) in [6.07, 6.45) is -0.645. The molecular formula is C17H20FNO3S. The summed E-state index contributed by atoms with van der Waals surface area (Å²) in [7, 11) is -3.61. The average molecular weight is 337 g/mol. The maximum Gasteiger partial charge on any atom is 0.240 e. The fourth-order valence-electron chi connectivity index (χ4n) is 2.15. The van der Waals surface area contributed by atoms with Crippen molar-refractivity contribution in [2.75, 3.05) is 6.54 Å². The fourth-order valence-corrected chi connectivity index (χ4v) is 3.28. The van der Waals surface area contributed by atoms with Crippen LogP contribution in [0.25, 0.3) is 0 Å². The van der Waals surface area contributed by atoms with Crippen LogP contribution in [0.4, 0.5) is 4.39 Å². The Kier molecular flexibility index (Phi) is 5.51. The van der Waals surface area contributed by atoms with Crippen LogP contribution in [-0.4, -0.2) is 20.1 Å². The van der Waals surface area contributed by atoms with Gasteiger partial charge in [0.05, 0.1) is 11.0 Å². The lowest BCUT2D eigenvalue weighted by Crippen LogP contribution is -2.26. The predicted molar refractivity (Wildman–Crippen MR) is 87.1 cm³/mol. The van der Waals surface area contributed by atoms with Gasteiger partial charge in [-0.3, -0.25) is 0 Å². The van der Waals surface area contributed by atoms with Gasteiger partial charge in [0.25, 0.3) is 0 Å². The van der Waals surface area contributed by atoms with Gasteiger partial charge in [0.15, 0.2) is 0 Å². The largest absolute Gasteiger partial charge is 0.388 e. The highest BCUT2D eigenvalue weighted by molar-refractivity contribution is 7.89. The SMILES string of the molecule is Cc1ccc(S(=O)(=O)NCCC(O)c2ccc(F)cc2)cc1C. The summed E-state index contributed by atoms with van der Waals surface area (Å²) < 4.78 is 39.7. The van der Waals surface area contributed by atoms with Gasteiger partial charge in [-0.15, -0.1) is 0 Å². The van der Waals surface area contributed by atoms with Gasteiger partial charge in [0, 0.05) is 6.54 Å². The third-order valence-electron chi connectivity index (χ3n) is 3.75. The zero-order valence-corrected chi connectivity index (χ0v) is 13.9. The van der Waals surface area contributed by atoms with E-state index in [0.717, 1.165) is 11.1 Å². The van der Waals surface area contributed by atoms with Gasteiger partial charge in [-0.1, -0.05) is 18.2 Å². The van der Waals surface area contributed by atoms with E-state index in [2.05, 4.69) is 4.72 Å². The lowest BCUT2D eigenvalue weighted by molar-refractivity contribution is 0.169. The first-order valence-corrected chi connectivity index (χ1v) is 8.78. The molecule has 23 heavy (non-hydrogen) atoms. The number of hydrogen-bond acceptors (Lipinski definition) is 3. The Balaban J connectivity index is 1.96. The normalized spacial score (nSPS) is 13.0. The summed E-state index contributed by atoms with van der Waals surface area (Å²) in [5.41, 5.74) is 2.48. The lowest BCUT2D eigenvalue weighted by atomic mass is 10.1. The molecule has 2 aromatic carbocycles. The maximum absolute atomic E-state index is 12.8. The highest BCUT2D eigenvalue weighted by Crippen LogP contribution is 2.18. The van der Waals surface area contributed by atoms with Crippen LogP contribution in [0.5, 0.6) is 0 Å². The average Bonchev–Trinajstić information content (AvgIpc) is 2.50. The predicted octanol–water partition coefficient (Wildman–Crippen LogP) is 2.84. The van der Waals surface area contributed by atoms with Gasteiger partial charge in [0.1, 0.15) is 5.82 Å². The molecule has 0 amide bonds. The van der Waals surface area contributed by atoms with Gasteiger partial charge in [0.2, 0.25) is 10.0 Å². The summed E-state index contributed by atoms with van der Waals surface area (Å²) in [5, 5.41) is 10.0. The first-order chi connectivity index (χ1) is 10.8. The smallest absolute Gasteiger partial charge is 0.240 e. The Morgan fingerprint density at radius 2 is 1.74 bits per heavy atom. The second kappa shape index (κ2) is 7.21. The van der Waals surface area contributed by atoms with E-state index in [4.69, 9.17) is 0 Å². The van der Waals surface area contributed by atoms with E-state index in [0.29, 0.717) is 5.56 Å². The zero-order chi connectivity index (χ0) is 17.0. The molecule has 0 aliphatic heterocycles. The van der Waals surface area contributed by atoms with E-state index < -0.39 is 16.1 Å². The Labute approximate surface area is 136 Å². The molecule has 124 valence electrons. The summed E-state index contributed by atoms with van der Waals surface area (Å²) in [5.74, 6) is -0.378. The van der Waals surface area contributed by atoms with Crippen molar-refractivity contribution in [3.05, 3.63) is 65.0 Å². The first kappa shape index (κ1) is 17.6. The summed E-state index contributed by atoms with van der Waals surface area (Å²) in [6.45, 7) is 3.86. The lowest BCUT2D eigenvalue weighted by Gasteiger charge is -2.12. The molecule has 2 rings (SSSR count). The maximum atomic E-state index is 12.8. The van der Waals surface area contributed by atoms with Crippen LogP contribution in [0.3, 0.4) is 0 Å². The molecule has 0 saturated carbocycles. The number of aliphatic hydroxyl groups is 1. The second-order valence-corrected chi connectivity index (χ2v) is 7.27.